The van der Waals surface area contributed by atoms with Gasteiger partial charge >= 0.3 is 0 Å². The minimum Gasteiger partial charge on any atom is -0.497 e. The SMILES string of the molecule is COc1ccc(Oc2nc(-c3ncccn3)cnc2N2CCNCC2)cc1. The van der Waals surface area contributed by atoms with Crippen LogP contribution in [0, 0.1) is 0 Å². The molecule has 0 saturated carbocycles. The van der Waals surface area contributed by atoms with E-state index in [2.05, 4.69) is 30.2 Å². The molecule has 0 radical (unpaired) electrons. The van der Waals surface area contributed by atoms with Gasteiger partial charge in [0.25, 0.3) is 5.88 Å². The van der Waals surface area contributed by atoms with Crippen LogP contribution >= 0.6 is 0 Å². The molecule has 8 nitrogen and oxygen atoms in total. The topological polar surface area (TPSA) is 85.3 Å². The van der Waals surface area contributed by atoms with E-state index in [0.717, 1.165) is 31.9 Å². The van der Waals surface area contributed by atoms with Crippen LogP contribution in [0.3, 0.4) is 0 Å². The minimum absolute atomic E-state index is 0.437. The van der Waals surface area contributed by atoms with E-state index in [9.17, 15) is 0 Å². The van der Waals surface area contributed by atoms with E-state index in [0.29, 0.717) is 29.0 Å². The van der Waals surface area contributed by atoms with Crippen LogP contribution < -0.4 is 19.7 Å². The number of rotatable bonds is 5. The first-order chi connectivity index (χ1) is 13.3. The number of hydrogen-bond acceptors (Lipinski definition) is 8. The van der Waals surface area contributed by atoms with Crippen molar-refractivity contribution >= 4 is 5.82 Å². The second kappa shape index (κ2) is 7.96. The van der Waals surface area contributed by atoms with Gasteiger partial charge in [0, 0.05) is 38.6 Å². The minimum atomic E-state index is 0.437. The number of benzene rings is 1. The molecule has 0 aliphatic carbocycles. The third-order valence-electron chi connectivity index (χ3n) is 4.21. The average Bonchev–Trinajstić information content (AvgIpc) is 2.75. The lowest BCUT2D eigenvalue weighted by atomic mass is 10.3. The van der Waals surface area contributed by atoms with E-state index in [-0.39, 0.29) is 0 Å². The summed E-state index contributed by atoms with van der Waals surface area (Å²) in [6.45, 7) is 3.48. The fourth-order valence-corrected chi connectivity index (χ4v) is 2.82. The van der Waals surface area contributed by atoms with Crippen LogP contribution in [0.1, 0.15) is 0 Å². The van der Waals surface area contributed by atoms with E-state index >= 15 is 0 Å². The molecular weight excluding hydrogens is 344 g/mol. The van der Waals surface area contributed by atoms with Gasteiger partial charge in [-0.2, -0.15) is 0 Å². The van der Waals surface area contributed by atoms with Crippen LogP contribution in [0.25, 0.3) is 11.5 Å². The van der Waals surface area contributed by atoms with E-state index in [1.165, 1.54) is 0 Å². The van der Waals surface area contributed by atoms with Crippen LogP contribution in [-0.2, 0) is 0 Å². The van der Waals surface area contributed by atoms with Gasteiger partial charge in [-0.05, 0) is 30.3 Å². The van der Waals surface area contributed by atoms with Crippen molar-refractivity contribution in [2.75, 3.05) is 38.2 Å². The third-order valence-corrected chi connectivity index (χ3v) is 4.21. The zero-order chi connectivity index (χ0) is 18.5. The number of nitrogens with one attached hydrogen (secondary N) is 1. The van der Waals surface area contributed by atoms with E-state index in [1.807, 2.05) is 24.3 Å². The molecule has 1 fully saturated rings. The predicted molar refractivity (Wildman–Crippen MR) is 101 cm³/mol. The summed E-state index contributed by atoms with van der Waals surface area (Å²) in [5.41, 5.74) is 0.568. The Balaban J connectivity index is 1.69. The van der Waals surface area contributed by atoms with Gasteiger partial charge in [0.05, 0.1) is 13.3 Å². The van der Waals surface area contributed by atoms with Gasteiger partial charge in [0.2, 0.25) is 0 Å². The molecule has 1 aliphatic heterocycles. The summed E-state index contributed by atoms with van der Waals surface area (Å²) in [6, 6.07) is 9.14. The molecule has 0 amide bonds. The molecule has 3 heterocycles. The maximum atomic E-state index is 6.08. The molecule has 1 saturated heterocycles. The molecule has 27 heavy (non-hydrogen) atoms. The van der Waals surface area contributed by atoms with Crippen molar-refractivity contribution in [3.8, 4) is 28.9 Å². The summed E-state index contributed by atoms with van der Waals surface area (Å²) in [5.74, 6) is 3.09. The third kappa shape index (κ3) is 3.95. The summed E-state index contributed by atoms with van der Waals surface area (Å²) in [5, 5.41) is 3.34. The maximum absolute atomic E-state index is 6.08. The van der Waals surface area contributed by atoms with Gasteiger partial charge < -0.3 is 19.7 Å². The molecule has 138 valence electrons. The molecule has 2 aromatic heterocycles. The summed E-state index contributed by atoms with van der Waals surface area (Å²) < 4.78 is 11.3. The number of anilines is 1. The number of nitrogens with zero attached hydrogens (tertiary/aromatic N) is 5. The molecule has 4 rings (SSSR count). The van der Waals surface area contributed by atoms with Crippen molar-refractivity contribution in [2.24, 2.45) is 0 Å². The molecule has 0 bridgehead atoms. The van der Waals surface area contributed by atoms with Crippen molar-refractivity contribution < 1.29 is 9.47 Å². The zero-order valence-corrected chi connectivity index (χ0v) is 15.0. The second-order valence-electron chi connectivity index (χ2n) is 5.97. The first-order valence-electron chi connectivity index (χ1n) is 8.75. The molecule has 8 heteroatoms. The fraction of sp³-hybridized carbons (Fsp3) is 0.263. The van der Waals surface area contributed by atoms with Gasteiger partial charge in [-0.3, -0.25) is 0 Å². The highest BCUT2D eigenvalue weighted by molar-refractivity contribution is 5.57. The van der Waals surface area contributed by atoms with Crippen molar-refractivity contribution in [3.63, 3.8) is 0 Å². The largest absolute Gasteiger partial charge is 0.497 e. The summed E-state index contributed by atoms with van der Waals surface area (Å²) in [4.78, 5) is 19.9. The van der Waals surface area contributed by atoms with Crippen molar-refractivity contribution in [2.45, 2.75) is 0 Å². The molecular formula is C19H20N6O2. The second-order valence-corrected chi connectivity index (χ2v) is 5.97. The smallest absolute Gasteiger partial charge is 0.263 e. The Kier molecular flexibility index (Phi) is 5.06. The highest BCUT2D eigenvalue weighted by Crippen LogP contribution is 2.31. The standard InChI is InChI=1S/C19H20N6O2/c1-26-14-3-5-15(6-4-14)27-19-18(25-11-9-20-10-12-25)23-13-16(24-19)17-21-7-2-8-22-17/h2-8,13,20H,9-12H2,1H3. The normalized spacial score (nSPS) is 14.0. The van der Waals surface area contributed by atoms with Crippen LogP contribution in [0.15, 0.2) is 48.9 Å². The summed E-state index contributed by atoms with van der Waals surface area (Å²) in [7, 11) is 1.63. The molecule has 1 aliphatic rings. The van der Waals surface area contributed by atoms with Crippen LogP contribution in [0.4, 0.5) is 5.82 Å². The van der Waals surface area contributed by atoms with Crippen molar-refractivity contribution in [1.82, 2.24) is 25.3 Å². The average molecular weight is 364 g/mol. The quantitative estimate of drug-likeness (QED) is 0.737. The van der Waals surface area contributed by atoms with Gasteiger partial charge in [0.1, 0.15) is 17.2 Å². The molecule has 1 aromatic carbocycles. The lowest BCUT2D eigenvalue weighted by molar-refractivity contribution is 0.412. The Morgan fingerprint density at radius 1 is 0.963 bits per heavy atom. The predicted octanol–water partition coefficient (Wildman–Crippen LogP) is 2.14. The van der Waals surface area contributed by atoms with E-state index in [1.54, 1.807) is 31.8 Å². The maximum Gasteiger partial charge on any atom is 0.263 e. The first-order valence-corrected chi connectivity index (χ1v) is 8.75. The molecule has 3 aromatic rings. The number of ether oxygens (including phenoxy) is 2. The molecule has 1 N–H and O–H groups in total. The van der Waals surface area contributed by atoms with Crippen LogP contribution in [0.2, 0.25) is 0 Å². The van der Waals surface area contributed by atoms with Crippen molar-refractivity contribution in [1.29, 1.82) is 0 Å². The summed E-state index contributed by atoms with van der Waals surface area (Å²) >= 11 is 0. The Morgan fingerprint density at radius 3 is 2.37 bits per heavy atom. The van der Waals surface area contributed by atoms with Gasteiger partial charge in [-0.15, -0.1) is 0 Å². The van der Waals surface area contributed by atoms with Gasteiger partial charge in [-0.25, -0.2) is 19.9 Å². The van der Waals surface area contributed by atoms with Gasteiger partial charge in [0.15, 0.2) is 11.6 Å². The van der Waals surface area contributed by atoms with Crippen LogP contribution in [0.5, 0.6) is 17.4 Å². The number of hydrogen-bond donors (Lipinski definition) is 1. The lowest BCUT2D eigenvalue weighted by Gasteiger charge is -2.29. The lowest BCUT2D eigenvalue weighted by Crippen LogP contribution is -2.44. The van der Waals surface area contributed by atoms with E-state index in [4.69, 9.17) is 9.47 Å². The Morgan fingerprint density at radius 2 is 1.67 bits per heavy atom. The monoisotopic (exact) mass is 364 g/mol. The molecule has 0 unspecified atom stereocenters. The Labute approximate surface area is 157 Å². The number of aromatic nitrogens is 4. The number of methoxy groups -OCH3 is 1. The van der Waals surface area contributed by atoms with E-state index < -0.39 is 0 Å². The highest BCUT2D eigenvalue weighted by atomic mass is 16.5. The Bertz CT molecular complexity index is 882. The van der Waals surface area contributed by atoms with Crippen molar-refractivity contribution in [3.05, 3.63) is 48.9 Å². The molecule has 0 atom stereocenters. The number of piperazine rings is 1. The fourth-order valence-electron chi connectivity index (χ4n) is 2.82. The van der Waals surface area contributed by atoms with Gasteiger partial charge in [-0.1, -0.05) is 0 Å². The Hall–Kier alpha value is -3.26. The molecule has 0 spiro atoms. The first kappa shape index (κ1) is 17.2. The summed E-state index contributed by atoms with van der Waals surface area (Å²) in [6.07, 6.45) is 5.05. The highest BCUT2D eigenvalue weighted by Gasteiger charge is 2.20. The van der Waals surface area contributed by atoms with Crippen LogP contribution in [-0.4, -0.2) is 53.2 Å². The zero-order valence-electron chi connectivity index (χ0n) is 15.0.